The molecule has 0 fully saturated rings. The van der Waals surface area contributed by atoms with Gasteiger partial charge in [-0.25, -0.2) is 4.79 Å². The normalized spacial score (nSPS) is 9.93. The van der Waals surface area contributed by atoms with E-state index in [1.807, 2.05) is 16.7 Å². The Morgan fingerprint density at radius 1 is 1.47 bits per heavy atom. The van der Waals surface area contributed by atoms with Crippen LogP contribution in [0.15, 0.2) is 43.0 Å². The first-order valence-corrected chi connectivity index (χ1v) is 4.48. The summed E-state index contributed by atoms with van der Waals surface area (Å²) in [6.07, 6.45) is 6.93. The van der Waals surface area contributed by atoms with Crippen LogP contribution in [0.1, 0.15) is 10.4 Å². The summed E-state index contributed by atoms with van der Waals surface area (Å²) in [5.74, 6) is -0.336. The molecule has 2 aromatic heterocycles. The monoisotopic (exact) mass is 202 g/mol. The molecule has 0 aliphatic heterocycles. The van der Waals surface area contributed by atoms with Gasteiger partial charge < -0.3 is 9.30 Å². The van der Waals surface area contributed by atoms with Crippen molar-refractivity contribution < 1.29 is 9.53 Å². The fraction of sp³-hybridized carbons (Fsp3) is 0.0909. The average Bonchev–Trinajstić information content (AvgIpc) is 2.78. The summed E-state index contributed by atoms with van der Waals surface area (Å²) < 4.78 is 6.44. The summed E-state index contributed by atoms with van der Waals surface area (Å²) >= 11 is 0. The fourth-order valence-corrected chi connectivity index (χ4v) is 1.30. The van der Waals surface area contributed by atoms with Crippen LogP contribution in [-0.2, 0) is 4.74 Å². The third-order valence-corrected chi connectivity index (χ3v) is 2.06. The largest absolute Gasteiger partial charge is 0.465 e. The van der Waals surface area contributed by atoms with Gasteiger partial charge in [-0.15, -0.1) is 0 Å². The summed E-state index contributed by atoms with van der Waals surface area (Å²) in [6, 6.07) is 5.46. The van der Waals surface area contributed by atoms with Gasteiger partial charge in [0.2, 0.25) is 0 Å². The Morgan fingerprint density at radius 3 is 3.00 bits per heavy atom. The molecule has 0 N–H and O–H groups in total. The number of esters is 1. The second kappa shape index (κ2) is 3.96. The van der Waals surface area contributed by atoms with E-state index in [9.17, 15) is 4.79 Å². The second-order valence-corrected chi connectivity index (χ2v) is 3.01. The zero-order chi connectivity index (χ0) is 10.7. The molecule has 0 bridgehead atoms. The van der Waals surface area contributed by atoms with E-state index in [-0.39, 0.29) is 5.97 Å². The number of nitrogens with zero attached hydrogens (tertiary/aromatic N) is 2. The van der Waals surface area contributed by atoms with Crippen molar-refractivity contribution >= 4 is 5.97 Å². The van der Waals surface area contributed by atoms with Crippen LogP contribution in [0.3, 0.4) is 0 Å². The highest BCUT2D eigenvalue weighted by Gasteiger charge is 2.07. The maximum absolute atomic E-state index is 11.2. The standard InChI is InChI=1S/C11H10N2O2/c1-15-11(14)9-4-6-13(8-9)10-3-2-5-12-7-10/h2-8H,1H3. The van der Waals surface area contributed by atoms with Gasteiger partial charge in [-0.05, 0) is 18.2 Å². The Hall–Kier alpha value is -2.10. The highest BCUT2D eigenvalue weighted by molar-refractivity contribution is 5.89. The molecule has 2 heterocycles. The first kappa shape index (κ1) is 9.45. The van der Waals surface area contributed by atoms with Crippen molar-refractivity contribution in [2.75, 3.05) is 7.11 Å². The van der Waals surface area contributed by atoms with E-state index in [4.69, 9.17) is 0 Å². The lowest BCUT2D eigenvalue weighted by molar-refractivity contribution is 0.0601. The summed E-state index contributed by atoms with van der Waals surface area (Å²) in [4.78, 5) is 15.2. The Bertz CT molecular complexity index is 462. The van der Waals surface area contributed by atoms with E-state index in [0.29, 0.717) is 5.56 Å². The van der Waals surface area contributed by atoms with Crippen LogP contribution >= 0.6 is 0 Å². The number of carbonyl (C=O) groups excluding carboxylic acids is 1. The second-order valence-electron chi connectivity index (χ2n) is 3.01. The minimum Gasteiger partial charge on any atom is -0.465 e. The van der Waals surface area contributed by atoms with Crippen LogP contribution in [0, 0.1) is 0 Å². The minimum absolute atomic E-state index is 0.336. The molecule has 76 valence electrons. The third kappa shape index (κ3) is 1.88. The fourth-order valence-electron chi connectivity index (χ4n) is 1.30. The molecule has 2 aromatic rings. The van der Waals surface area contributed by atoms with Gasteiger partial charge in [-0.1, -0.05) is 0 Å². The van der Waals surface area contributed by atoms with Gasteiger partial charge in [0.05, 0.1) is 24.6 Å². The lowest BCUT2D eigenvalue weighted by Gasteiger charge is -2.00. The number of pyridine rings is 1. The Kier molecular flexibility index (Phi) is 2.49. The summed E-state index contributed by atoms with van der Waals surface area (Å²) in [5, 5.41) is 0. The van der Waals surface area contributed by atoms with E-state index in [1.165, 1.54) is 7.11 Å². The maximum Gasteiger partial charge on any atom is 0.339 e. The Balaban J connectivity index is 2.32. The number of hydrogen-bond acceptors (Lipinski definition) is 3. The van der Waals surface area contributed by atoms with Gasteiger partial charge in [0.25, 0.3) is 0 Å². The molecule has 15 heavy (non-hydrogen) atoms. The zero-order valence-corrected chi connectivity index (χ0v) is 8.25. The van der Waals surface area contributed by atoms with Crippen molar-refractivity contribution in [3.63, 3.8) is 0 Å². The molecule has 0 spiro atoms. The van der Waals surface area contributed by atoms with Crippen LogP contribution in [0.2, 0.25) is 0 Å². The van der Waals surface area contributed by atoms with Gasteiger partial charge in [0.15, 0.2) is 0 Å². The van der Waals surface area contributed by atoms with E-state index in [2.05, 4.69) is 9.72 Å². The lowest BCUT2D eigenvalue weighted by Crippen LogP contribution is -1.99. The molecule has 0 amide bonds. The highest BCUT2D eigenvalue weighted by atomic mass is 16.5. The number of rotatable bonds is 2. The van der Waals surface area contributed by atoms with Crippen LogP contribution < -0.4 is 0 Å². The van der Waals surface area contributed by atoms with Crippen molar-refractivity contribution in [1.82, 2.24) is 9.55 Å². The first-order chi connectivity index (χ1) is 7.31. The van der Waals surface area contributed by atoms with E-state index < -0.39 is 0 Å². The number of methoxy groups -OCH3 is 1. The summed E-state index contributed by atoms with van der Waals surface area (Å²) in [6.45, 7) is 0. The van der Waals surface area contributed by atoms with Crippen LogP contribution in [0.5, 0.6) is 0 Å². The minimum atomic E-state index is -0.336. The Labute approximate surface area is 87.1 Å². The lowest BCUT2D eigenvalue weighted by atomic mass is 10.3. The van der Waals surface area contributed by atoms with Crippen molar-refractivity contribution in [1.29, 1.82) is 0 Å². The van der Waals surface area contributed by atoms with Crippen LogP contribution in [0.4, 0.5) is 0 Å². The molecule has 0 aliphatic rings. The van der Waals surface area contributed by atoms with Gasteiger partial charge >= 0.3 is 5.97 Å². The number of ether oxygens (including phenoxy) is 1. The molecule has 4 heteroatoms. The quantitative estimate of drug-likeness (QED) is 0.695. The van der Waals surface area contributed by atoms with E-state index in [1.54, 1.807) is 30.9 Å². The Morgan fingerprint density at radius 2 is 2.33 bits per heavy atom. The molecule has 0 aliphatic carbocycles. The molecular weight excluding hydrogens is 192 g/mol. The molecule has 0 saturated heterocycles. The molecule has 2 rings (SSSR count). The third-order valence-electron chi connectivity index (χ3n) is 2.06. The highest BCUT2D eigenvalue weighted by Crippen LogP contribution is 2.09. The topological polar surface area (TPSA) is 44.1 Å². The summed E-state index contributed by atoms with van der Waals surface area (Å²) in [5.41, 5.74) is 1.44. The number of aromatic nitrogens is 2. The van der Waals surface area contributed by atoms with E-state index in [0.717, 1.165) is 5.69 Å². The molecule has 0 unspecified atom stereocenters. The van der Waals surface area contributed by atoms with Crippen LogP contribution in [-0.4, -0.2) is 22.6 Å². The average molecular weight is 202 g/mol. The van der Waals surface area contributed by atoms with Crippen molar-refractivity contribution in [3.05, 3.63) is 48.5 Å². The molecular formula is C11H10N2O2. The van der Waals surface area contributed by atoms with E-state index >= 15 is 0 Å². The SMILES string of the molecule is COC(=O)c1ccn(-c2cccnc2)c1. The number of hydrogen-bond donors (Lipinski definition) is 0. The van der Waals surface area contributed by atoms with Gasteiger partial charge in [0, 0.05) is 18.6 Å². The van der Waals surface area contributed by atoms with Gasteiger partial charge in [0.1, 0.15) is 0 Å². The zero-order valence-electron chi connectivity index (χ0n) is 8.25. The predicted molar refractivity (Wildman–Crippen MR) is 54.9 cm³/mol. The number of carbonyl (C=O) groups is 1. The van der Waals surface area contributed by atoms with Gasteiger partial charge in [-0.2, -0.15) is 0 Å². The molecule has 0 radical (unpaired) electrons. The summed E-state index contributed by atoms with van der Waals surface area (Å²) in [7, 11) is 1.36. The van der Waals surface area contributed by atoms with Gasteiger partial charge in [-0.3, -0.25) is 4.98 Å². The maximum atomic E-state index is 11.2. The molecule has 0 aromatic carbocycles. The smallest absolute Gasteiger partial charge is 0.339 e. The van der Waals surface area contributed by atoms with Crippen molar-refractivity contribution in [2.24, 2.45) is 0 Å². The first-order valence-electron chi connectivity index (χ1n) is 4.48. The predicted octanol–water partition coefficient (Wildman–Crippen LogP) is 1.66. The molecule has 0 saturated carbocycles. The van der Waals surface area contributed by atoms with Crippen molar-refractivity contribution in [2.45, 2.75) is 0 Å². The van der Waals surface area contributed by atoms with Crippen LogP contribution in [0.25, 0.3) is 5.69 Å². The van der Waals surface area contributed by atoms with Crippen molar-refractivity contribution in [3.8, 4) is 5.69 Å². The molecule has 4 nitrogen and oxygen atoms in total. The molecule has 0 atom stereocenters.